The molecule has 0 atom stereocenters. The number of hydrogen-bond donors (Lipinski definition) is 1. The highest BCUT2D eigenvalue weighted by Crippen LogP contribution is 2.32. The van der Waals surface area contributed by atoms with E-state index in [2.05, 4.69) is 25.8 Å². The van der Waals surface area contributed by atoms with Crippen molar-refractivity contribution in [2.75, 3.05) is 24.3 Å². The Balaban J connectivity index is 1.21. The van der Waals surface area contributed by atoms with E-state index in [9.17, 15) is 4.79 Å². The highest BCUT2D eigenvalue weighted by atomic mass is 32.2. The largest absolute Gasteiger partial charge is 0.486 e. The zero-order chi connectivity index (χ0) is 21.2. The normalized spacial score (nSPS) is 12.8. The molecule has 31 heavy (non-hydrogen) atoms. The van der Waals surface area contributed by atoms with Gasteiger partial charge in [0, 0.05) is 18.8 Å². The van der Waals surface area contributed by atoms with Gasteiger partial charge in [0.1, 0.15) is 25.3 Å². The number of ether oxygens (including phenoxy) is 2. The molecule has 0 saturated heterocycles. The summed E-state index contributed by atoms with van der Waals surface area (Å²) in [6.45, 7) is 1.47. The molecule has 3 heterocycles. The van der Waals surface area contributed by atoms with Crippen LogP contribution < -0.4 is 14.8 Å². The van der Waals surface area contributed by atoms with Crippen molar-refractivity contribution >= 4 is 34.4 Å². The summed E-state index contributed by atoms with van der Waals surface area (Å²) in [6, 6.07) is 13.1. The first-order valence-electron chi connectivity index (χ1n) is 9.66. The van der Waals surface area contributed by atoms with Gasteiger partial charge in [-0.2, -0.15) is 0 Å². The minimum atomic E-state index is -0.145. The highest BCUT2D eigenvalue weighted by molar-refractivity contribution is 7.99. The summed E-state index contributed by atoms with van der Waals surface area (Å²) in [5, 5.41) is 20.3. The first kappa shape index (κ1) is 19.4. The predicted molar refractivity (Wildman–Crippen MR) is 114 cm³/mol. The molecule has 1 N–H and O–H groups in total. The lowest BCUT2D eigenvalue weighted by molar-refractivity contribution is -0.113. The summed E-state index contributed by atoms with van der Waals surface area (Å²) in [6.07, 6.45) is 0. The Kier molecular flexibility index (Phi) is 5.16. The van der Waals surface area contributed by atoms with Crippen LogP contribution in [0.15, 0.2) is 47.6 Å². The molecule has 11 heteroatoms. The summed E-state index contributed by atoms with van der Waals surface area (Å²) in [5.74, 6) is 2.10. The molecule has 158 valence electrons. The smallest absolute Gasteiger partial charge is 0.234 e. The SMILES string of the molecule is Cn1c(Cn2nnc3ccccc32)nnc1SCC(=O)Nc1ccc2c(c1)OCCO2. The maximum Gasteiger partial charge on any atom is 0.234 e. The van der Waals surface area contributed by atoms with Gasteiger partial charge in [-0.05, 0) is 24.3 Å². The van der Waals surface area contributed by atoms with Crippen molar-refractivity contribution in [2.45, 2.75) is 11.7 Å². The molecule has 1 aliphatic heterocycles. The van der Waals surface area contributed by atoms with Crippen LogP contribution in [0.4, 0.5) is 5.69 Å². The predicted octanol–water partition coefficient (Wildman–Crippen LogP) is 2.11. The Bertz CT molecular complexity index is 1250. The zero-order valence-corrected chi connectivity index (χ0v) is 17.5. The van der Waals surface area contributed by atoms with E-state index in [0.717, 1.165) is 16.9 Å². The lowest BCUT2D eigenvalue weighted by atomic mass is 10.2. The Morgan fingerprint density at radius 1 is 1.10 bits per heavy atom. The molecule has 2 aromatic heterocycles. The van der Waals surface area contributed by atoms with Crippen molar-refractivity contribution in [3.05, 3.63) is 48.3 Å². The van der Waals surface area contributed by atoms with E-state index in [1.807, 2.05) is 35.9 Å². The number of rotatable bonds is 6. The second kappa shape index (κ2) is 8.26. The molecule has 0 fully saturated rings. The molecule has 10 nitrogen and oxygen atoms in total. The number of amides is 1. The topological polar surface area (TPSA) is 109 Å². The van der Waals surface area contributed by atoms with Crippen LogP contribution in [0, 0.1) is 0 Å². The third-order valence-corrected chi connectivity index (χ3v) is 5.82. The molecule has 1 amide bonds. The van der Waals surface area contributed by atoms with Gasteiger partial charge in [-0.1, -0.05) is 29.1 Å². The van der Waals surface area contributed by atoms with Gasteiger partial charge < -0.3 is 19.4 Å². The summed E-state index contributed by atoms with van der Waals surface area (Å²) < 4.78 is 14.7. The number of aromatic nitrogens is 6. The van der Waals surface area contributed by atoms with Crippen molar-refractivity contribution in [3.8, 4) is 11.5 Å². The van der Waals surface area contributed by atoms with Crippen molar-refractivity contribution in [2.24, 2.45) is 7.05 Å². The van der Waals surface area contributed by atoms with Gasteiger partial charge in [0.2, 0.25) is 5.91 Å². The molecule has 0 unspecified atom stereocenters. The summed E-state index contributed by atoms with van der Waals surface area (Å²) >= 11 is 1.32. The maximum atomic E-state index is 12.4. The van der Waals surface area contributed by atoms with Gasteiger partial charge in [0.15, 0.2) is 22.5 Å². The Morgan fingerprint density at radius 3 is 2.84 bits per heavy atom. The standard InChI is InChI=1S/C20H19N7O3S/c1-26-18(11-27-15-5-3-2-4-14(15)22-25-27)23-24-20(26)31-12-19(28)21-13-6-7-16-17(10-13)30-9-8-29-16/h2-7,10H,8-9,11-12H2,1H3,(H,21,28). The molecule has 5 rings (SSSR count). The lowest BCUT2D eigenvalue weighted by Gasteiger charge is -2.18. The molecule has 0 radical (unpaired) electrons. The van der Waals surface area contributed by atoms with Gasteiger partial charge in [-0.3, -0.25) is 4.79 Å². The van der Waals surface area contributed by atoms with Gasteiger partial charge in [0.05, 0.1) is 11.3 Å². The van der Waals surface area contributed by atoms with E-state index in [0.29, 0.717) is 42.1 Å². The number of hydrogen-bond acceptors (Lipinski definition) is 8. The summed E-state index contributed by atoms with van der Waals surface area (Å²) in [4.78, 5) is 12.4. The van der Waals surface area contributed by atoms with E-state index < -0.39 is 0 Å². The molecule has 2 aromatic carbocycles. The third-order valence-electron chi connectivity index (χ3n) is 4.79. The average molecular weight is 437 g/mol. The van der Waals surface area contributed by atoms with E-state index in [-0.39, 0.29) is 11.7 Å². The van der Waals surface area contributed by atoms with Crippen molar-refractivity contribution in [1.29, 1.82) is 0 Å². The molecule has 0 bridgehead atoms. The second-order valence-corrected chi connectivity index (χ2v) is 7.83. The van der Waals surface area contributed by atoms with Crippen molar-refractivity contribution in [1.82, 2.24) is 29.8 Å². The minimum absolute atomic E-state index is 0.145. The highest BCUT2D eigenvalue weighted by Gasteiger charge is 2.15. The molecule has 0 spiro atoms. The van der Waals surface area contributed by atoms with Crippen LogP contribution in [-0.2, 0) is 18.4 Å². The number of fused-ring (bicyclic) bond motifs is 2. The molecular formula is C20H19N7O3S. The van der Waals surface area contributed by atoms with Crippen molar-refractivity contribution < 1.29 is 14.3 Å². The Morgan fingerprint density at radius 2 is 1.94 bits per heavy atom. The van der Waals surface area contributed by atoms with Crippen LogP contribution in [0.5, 0.6) is 11.5 Å². The average Bonchev–Trinajstić information content (AvgIpc) is 3.36. The van der Waals surface area contributed by atoms with E-state index in [4.69, 9.17) is 9.47 Å². The number of benzene rings is 2. The van der Waals surface area contributed by atoms with Gasteiger partial charge in [-0.25, -0.2) is 4.68 Å². The number of thioether (sulfide) groups is 1. The van der Waals surface area contributed by atoms with Crippen molar-refractivity contribution in [3.63, 3.8) is 0 Å². The second-order valence-electron chi connectivity index (χ2n) is 6.89. The number of nitrogens with one attached hydrogen (secondary N) is 1. The summed E-state index contributed by atoms with van der Waals surface area (Å²) in [7, 11) is 1.87. The Hall–Kier alpha value is -3.60. The molecule has 0 saturated carbocycles. The first-order chi connectivity index (χ1) is 15.2. The van der Waals surface area contributed by atoms with Crippen LogP contribution in [0.3, 0.4) is 0 Å². The number of nitrogens with zero attached hydrogens (tertiary/aromatic N) is 6. The molecule has 4 aromatic rings. The number of anilines is 1. The lowest BCUT2D eigenvalue weighted by Crippen LogP contribution is -2.17. The van der Waals surface area contributed by atoms with E-state index in [1.165, 1.54) is 11.8 Å². The monoisotopic (exact) mass is 437 g/mol. The van der Waals surface area contributed by atoms with Gasteiger partial charge >= 0.3 is 0 Å². The van der Waals surface area contributed by atoms with Crippen LogP contribution in [0.25, 0.3) is 11.0 Å². The van der Waals surface area contributed by atoms with Gasteiger partial charge in [-0.15, -0.1) is 15.3 Å². The number of carbonyl (C=O) groups excluding carboxylic acids is 1. The maximum absolute atomic E-state index is 12.4. The molecule has 0 aliphatic carbocycles. The minimum Gasteiger partial charge on any atom is -0.486 e. The Labute approximate surface area is 181 Å². The zero-order valence-electron chi connectivity index (χ0n) is 16.7. The third kappa shape index (κ3) is 4.04. The van der Waals surface area contributed by atoms with Crippen LogP contribution in [-0.4, -0.2) is 54.6 Å². The molecule has 1 aliphatic rings. The quantitative estimate of drug-likeness (QED) is 0.457. The number of para-hydroxylation sites is 1. The van der Waals surface area contributed by atoms with Crippen LogP contribution in [0.2, 0.25) is 0 Å². The van der Waals surface area contributed by atoms with E-state index >= 15 is 0 Å². The fourth-order valence-electron chi connectivity index (χ4n) is 3.22. The molecular weight excluding hydrogens is 418 g/mol. The number of carbonyl (C=O) groups is 1. The van der Waals surface area contributed by atoms with E-state index in [1.54, 1.807) is 22.9 Å². The van der Waals surface area contributed by atoms with Gasteiger partial charge in [0.25, 0.3) is 0 Å². The summed E-state index contributed by atoms with van der Waals surface area (Å²) in [5.41, 5.74) is 2.42. The fraction of sp³-hybridized carbons (Fsp3) is 0.250. The first-order valence-corrected chi connectivity index (χ1v) is 10.6. The fourth-order valence-corrected chi connectivity index (χ4v) is 3.95. The van der Waals surface area contributed by atoms with Crippen LogP contribution in [0.1, 0.15) is 5.82 Å². The van der Waals surface area contributed by atoms with Crippen LogP contribution >= 0.6 is 11.8 Å².